The molecular formula is C12H25N3O2S. The second kappa shape index (κ2) is 5.86. The molecule has 0 saturated carbocycles. The molecule has 0 amide bonds. The van der Waals surface area contributed by atoms with Gasteiger partial charge in [0.15, 0.2) is 0 Å². The molecule has 0 radical (unpaired) electrons. The first kappa shape index (κ1) is 14.2. The molecule has 2 unspecified atom stereocenters. The van der Waals surface area contributed by atoms with Crippen LogP contribution in [0.25, 0.3) is 0 Å². The van der Waals surface area contributed by atoms with E-state index in [1.807, 2.05) is 0 Å². The molecule has 0 aliphatic carbocycles. The highest BCUT2D eigenvalue weighted by molar-refractivity contribution is 7.88. The molecule has 6 heteroatoms. The minimum Gasteiger partial charge on any atom is -0.329 e. The van der Waals surface area contributed by atoms with Crippen molar-refractivity contribution in [2.24, 2.45) is 11.7 Å². The standard InChI is InChI=1S/C12H25N3O2S/c1-18(16,17)15-7-2-4-11(10-15)9-14-6-3-5-12(14)8-13/h11-12H,2-10,13H2,1H3. The minimum absolute atomic E-state index is 0.473. The van der Waals surface area contributed by atoms with Crippen molar-refractivity contribution in [3.8, 4) is 0 Å². The van der Waals surface area contributed by atoms with Crippen LogP contribution in [0.2, 0.25) is 0 Å². The average Bonchev–Trinajstić information content (AvgIpc) is 2.75. The third kappa shape index (κ3) is 3.44. The Hall–Kier alpha value is -0.170. The Morgan fingerprint density at radius 3 is 2.61 bits per heavy atom. The van der Waals surface area contributed by atoms with E-state index in [9.17, 15) is 8.42 Å². The number of hydrogen-bond acceptors (Lipinski definition) is 4. The maximum absolute atomic E-state index is 11.6. The normalized spacial score (nSPS) is 31.9. The summed E-state index contributed by atoms with van der Waals surface area (Å²) in [6.45, 7) is 4.23. The van der Waals surface area contributed by atoms with Crippen molar-refractivity contribution < 1.29 is 8.42 Å². The molecule has 2 aliphatic rings. The Bertz CT molecular complexity index is 372. The van der Waals surface area contributed by atoms with E-state index >= 15 is 0 Å². The Kier molecular flexibility index (Phi) is 4.64. The van der Waals surface area contributed by atoms with Crippen molar-refractivity contribution in [3.63, 3.8) is 0 Å². The highest BCUT2D eigenvalue weighted by Crippen LogP contribution is 2.23. The van der Waals surface area contributed by atoms with Gasteiger partial charge in [0.1, 0.15) is 0 Å². The molecule has 2 aliphatic heterocycles. The van der Waals surface area contributed by atoms with E-state index in [1.54, 1.807) is 4.31 Å². The largest absolute Gasteiger partial charge is 0.329 e. The van der Waals surface area contributed by atoms with Gasteiger partial charge < -0.3 is 5.73 Å². The maximum Gasteiger partial charge on any atom is 0.211 e. The van der Waals surface area contributed by atoms with Gasteiger partial charge in [-0.05, 0) is 38.1 Å². The summed E-state index contributed by atoms with van der Waals surface area (Å²) in [5, 5.41) is 0. The van der Waals surface area contributed by atoms with Crippen LogP contribution in [0.5, 0.6) is 0 Å². The number of sulfonamides is 1. The summed E-state index contributed by atoms with van der Waals surface area (Å²) in [5.74, 6) is 0.473. The molecule has 0 aromatic carbocycles. The first-order chi connectivity index (χ1) is 8.50. The van der Waals surface area contributed by atoms with Crippen molar-refractivity contribution in [1.82, 2.24) is 9.21 Å². The van der Waals surface area contributed by atoms with Crippen LogP contribution >= 0.6 is 0 Å². The van der Waals surface area contributed by atoms with Crippen LogP contribution in [-0.2, 0) is 10.0 Å². The second-order valence-electron chi connectivity index (χ2n) is 5.66. The van der Waals surface area contributed by atoms with Crippen LogP contribution in [0.1, 0.15) is 25.7 Å². The van der Waals surface area contributed by atoms with Gasteiger partial charge in [-0.15, -0.1) is 0 Å². The molecule has 0 spiro atoms. The van der Waals surface area contributed by atoms with E-state index in [0.717, 1.165) is 32.5 Å². The lowest BCUT2D eigenvalue weighted by atomic mass is 9.99. The zero-order valence-corrected chi connectivity index (χ0v) is 12.0. The minimum atomic E-state index is -3.02. The van der Waals surface area contributed by atoms with Crippen molar-refractivity contribution in [1.29, 1.82) is 0 Å². The molecule has 2 saturated heterocycles. The molecule has 2 atom stereocenters. The van der Waals surface area contributed by atoms with Gasteiger partial charge in [-0.3, -0.25) is 4.90 Å². The molecule has 2 heterocycles. The second-order valence-corrected chi connectivity index (χ2v) is 7.64. The fourth-order valence-corrected chi connectivity index (χ4v) is 4.15. The summed E-state index contributed by atoms with van der Waals surface area (Å²) >= 11 is 0. The van der Waals surface area contributed by atoms with Crippen LogP contribution in [0.4, 0.5) is 0 Å². The zero-order valence-electron chi connectivity index (χ0n) is 11.2. The number of rotatable bonds is 4. The number of nitrogens with two attached hydrogens (primary N) is 1. The predicted octanol–water partition coefficient (Wildman–Crippen LogP) is 0.0811. The number of hydrogen-bond donors (Lipinski definition) is 1. The molecule has 106 valence electrons. The van der Waals surface area contributed by atoms with Crippen molar-refractivity contribution >= 4 is 10.0 Å². The van der Waals surface area contributed by atoms with E-state index < -0.39 is 10.0 Å². The molecule has 18 heavy (non-hydrogen) atoms. The number of nitrogens with zero attached hydrogens (tertiary/aromatic N) is 2. The Balaban J connectivity index is 1.90. The van der Waals surface area contributed by atoms with Crippen LogP contribution in [-0.4, -0.2) is 62.6 Å². The summed E-state index contributed by atoms with van der Waals surface area (Å²) in [6.07, 6.45) is 5.86. The van der Waals surface area contributed by atoms with Crippen LogP contribution in [0, 0.1) is 5.92 Å². The topological polar surface area (TPSA) is 66.6 Å². The first-order valence-electron chi connectivity index (χ1n) is 6.90. The van der Waals surface area contributed by atoms with E-state index in [1.165, 1.54) is 19.1 Å². The van der Waals surface area contributed by atoms with Gasteiger partial charge >= 0.3 is 0 Å². The van der Waals surface area contributed by atoms with Crippen molar-refractivity contribution in [3.05, 3.63) is 0 Å². The quantitative estimate of drug-likeness (QED) is 0.789. The monoisotopic (exact) mass is 275 g/mol. The predicted molar refractivity (Wildman–Crippen MR) is 72.8 cm³/mol. The van der Waals surface area contributed by atoms with Crippen LogP contribution in [0.3, 0.4) is 0 Å². The van der Waals surface area contributed by atoms with Gasteiger partial charge in [0.05, 0.1) is 6.26 Å². The van der Waals surface area contributed by atoms with Crippen LogP contribution in [0.15, 0.2) is 0 Å². The summed E-state index contributed by atoms with van der Waals surface area (Å²) in [4.78, 5) is 2.45. The fraction of sp³-hybridized carbons (Fsp3) is 1.00. The molecule has 2 fully saturated rings. The molecule has 2 rings (SSSR count). The Morgan fingerprint density at radius 1 is 1.22 bits per heavy atom. The molecule has 0 aromatic rings. The third-order valence-electron chi connectivity index (χ3n) is 4.21. The lowest BCUT2D eigenvalue weighted by Crippen LogP contribution is -2.45. The van der Waals surface area contributed by atoms with Crippen molar-refractivity contribution in [2.45, 2.75) is 31.7 Å². The zero-order chi connectivity index (χ0) is 13.2. The molecule has 0 aromatic heterocycles. The molecule has 0 bridgehead atoms. The summed E-state index contributed by atoms with van der Waals surface area (Å²) in [7, 11) is -3.02. The lowest BCUT2D eigenvalue weighted by molar-refractivity contribution is 0.170. The van der Waals surface area contributed by atoms with E-state index in [-0.39, 0.29) is 0 Å². The Morgan fingerprint density at radius 2 is 1.94 bits per heavy atom. The van der Waals surface area contributed by atoms with E-state index in [4.69, 9.17) is 5.73 Å². The third-order valence-corrected chi connectivity index (χ3v) is 5.48. The van der Waals surface area contributed by atoms with Gasteiger partial charge in [-0.25, -0.2) is 12.7 Å². The van der Waals surface area contributed by atoms with Crippen LogP contribution < -0.4 is 5.73 Å². The summed E-state index contributed by atoms with van der Waals surface area (Å²) in [6, 6.07) is 0.513. The van der Waals surface area contributed by atoms with Gasteiger partial charge in [0, 0.05) is 32.2 Å². The lowest BCUT2D eigenvalue weighted by Gasteiger charge is -2.34. The van der Waals surface area contributed by atoms with E-state index in [2.05, 4.69) is 4.90 Å². The van der Waals surface area contributed by atoms with E-state index in [0.29, 0.717) is 25.0 Å². The van der Waals surface area contributed by atoms with Gasteiger partial charge in [-0.1, -0.05) is 0 Å². The fourth-order valence-electron chi connectivity index (χ4n) is 3.21. The highest BCUT2D eigenvalue weighted by atomic mass is 32.2. The summed E-state index contributed by atoms with van der Waals surface area (Å²) in [5.41, 5.74) is 5.78. The smallest absolute Gasteiger partial charge is 0.211 e. The van der Waals surface area contributed by atoms with Gasteiger partial charge in [0.2, 0.25) is 10.0 Å². The summed E-state index contributed by atoms with van der Waals surface area (Å²) < 4.78 is 24.8. The Labute approximate surface area is 110 Å². The highest BCUT2D eigenvalue weighted by Gasteiger charge is 2.30. The average molecular weight is 275 g/mol. The maximum atomic E-state index is 11.6. The van der Waals surface area contributed by atoms with Crippen molar-refractivity contribution in [2.75, 3.05) is 39.0 Å². The SMILES string of the molecule is CS(=O)(=O)N1CCCC(CN2CCCC2CN)C1. The number of piperidine rings is 1. The molecule has 5 nitrogen and oxygen atoms in total. The van der Waals surface area contributed by atoms with Gasteiger partial charge in [-0.2, -0.15) is 0 Å². The number of likely N-dealkylation sites (tertiary alicyclic amines) is 1. The van der Waals surface area contributed by atoms with Gasteiger partial charge in [0.25, 0.3) is 0 Å². The molecular weight excluding hydrogens is 250 g/mol. The first-order valence-corrected chi connectivity index (χ1v) is 8.75. The molecule has 2 N–H and O–H groups in total.